The molecule has 1 saturated heterocycles. The normalized spacial score (nSPS) is 15.2. The number of amides is 1. The molecule has 136 valence electrons. The first kappa shape index (κ1) is 20.7. The number of hydrogen-bond donors (Lipinski definition) is 1. The summed E-state index contributed by atoms with van der Waals surface area (Å²) in [6, 6.07) is 0. The van der Waals surface area contributed by atoms with E-state index in [-0.39, 0.29) is 29.9 Å². The maximum Gasteiger partial charge on any atom is 0.219 e. The van der Waals surface area contributed by atoms with Gasteiger partial charge in [0.1, 0.15) is 12.2 Å². The van der Waals surface area contributed by atoms with Crippen LogP contribution in [-0.2, 0) is 17.8 Å². The van der Waals surface area contributed by atoms with Crippen LogP contribution in [0.4, 0.5) is 0 Å². The number of nitrogens with one attached hydrogen (secondary N) is 1. The van der Waals surface area contributed by atoms with E-state index in [9.17, 15) is 4.79 Å². The average molecular weight is 449 g/mol. The molecule has 1 fully saturated rings. The highest BCUT2D eigenvalue weighted by molar-refractivity contribution is 14.0. The first-order chi connectivity index (χ1) is 11.2. The van der Waals surface area contributed by atoms with E-state index in [1.807, 2.05) is 9.47 Å². The Kier molecular flexibility index (Phi) is 9.01. The minimum absolute atomic E-state index is 0. The summed E-state index contributed by atoms with van der Waals surface area (Å²) in [6.07, 6.45) is 2.63. The zero-order chi connectivity index (χ0) is 16.7. The minimum atomic E-state index is 0. The van der Waals surface area contributed by atoms with Gasteiger partial charge in [0.15, 0.2) is 5.96 Å². The van der Waals surface area contributed by atoms with Crippen molar-refractivity contribution in [2.45, 2.75) is 33.7 Å². The number of nitrogens with zero attached hydrogens (tertiary/aromatic N) is 6. The highest BCUT2D eigenvalue weighted by Crippen LogP contribution is 2.03. The fourth-order valence-electron chi connectivity index (χ4n) is 2.66. The van der Waals surface area contributed by atoms with E-state index in [4.69, 9.17) is 4.99 Å². The van der Waals surface area contributed by atoms with Gasteiger partial charge in [-0.3, -0.25) is 9.79 Å². The number of aliphatic imine (C=N–C) groups is 1. The maximum atomic E-state index is 11.4. The molecule has 2 rings (SSSR count). The Labute approximate surface area is 160 Å². The lowest BCUT2D eigenvalue weighted by atomic mass is 10.3. The van der Waals surface area contributed by atoms with E-state index in [1.54, 1.807) is 13.3 Å². The van der Waals surface area contributed by atoms with Gasteiger partial charge in [-0.25, -0.2) is 0 Å². The van der Waals surface area contributed by atoms with Crippen molar-refractivity contribution in [2.24, 2.45) is 4.99 Å². The van der Waals surface area contributed by atoms with Crippen LogP contribution >= 0.6 is 24.0 Å². The molecule has 0 spiro atoms. The van der Waals surface area contributed by atoms with Crippen molar-refractivity contribution in [3.05, 3.63) is 12.2 Å². The van der Waals surface area contributed by atoms with Crippen molar-refractivity contribution in [1.82, 2.24) is 29.9 Å². The van der Waals surface area contributed by atoms with Gasteiger partial charge in [0.2, 0.25) is 5.91 Å². The Hall–Kier alpha value is -1.39. The summed E-state index contributed by atoms with van der Waals surface area (Å²) in [5.74, 6) is 2.05. The molecule has 9 heteroatoms. The molecule has 1 aliphatic rings. The molecule has 0 atom stereocenters. The van der Waals surface area contributed by atoms with Crippen LogP contribution in [0.25, 0.3) is 0 Å². The van der Waals surface area contributed by atoms with Crippen molar-refractivity contribution in [1.29, 1.82) is 0 Å². The molecule has 1 aliphatic heterocycles. The van der Waals surface area contributed by atoms with Crippen LogP contribution in [0.5, 0.6) is 0 Å². The SMILES string of the molecule is CCNC(=NCCn1cnnc1CC)N1CCN(C(C)=O)CC1.I. The number of halogens is 1. The van der Waals surface area contributed by atoms with Gasteiger partial charge in [0.25, 0.3) is 0 Å². The van der Waals surface area contributed by atoms with Crippen LogP contribution in [0.1, 0.15) is 26.6 Å². The second-order valence-corrected chi connectivity index (χ2v) is 5.52. The van der Waals surface area contributed by atoms with Gasteiger partial charge >= 0.3 is 0 Å². The van der Waals surface area contributed by atoms with E-state index in [0.29, 0.717) is 6.54 Å². The van der Waals surface area contributed by atoms with Crippen LogP contribution in [0.15, 0.2) is 11.3 Å². The Bertz CT molecular complexity index is 538. The third-order valence-corrected chi connectivity index (χ3v) is 3.97. The number of aryl methyl sites for hydroxylation is 1. The molecule has 1 aromatic heterocycles. The second-order valence-electron chi connectivity index (χ2n) is 5.52. The Morgan fingerprint density at radius 1 is 1.25 bits per heavy atom. The molecule has 0 unspecified atom stereocenters. The van der Waals surface area contributed by atoms with Gasteiger partial charge in [-0.1, -0.05) is 6.92 Å². The van der Waals surface area contributed by atoms with Gasteiger partial charge in [0, 0.05) is 52.6 Å². The van der Waals surface area contributed by atoms with Crippen LogP contribution in [-0.4, -0.2) is 75.7 Å². The van der Waals surface area contributed by atoms with E-state index in [1.165, 1.54) is 0 Å². The molecular formula is C15H28IN7O. The quantitative estimate of drug-likeness (QED) is 0.405. The van der Waals surface area contributed by atoms with Gasteiger partial charge in [-0.15, -0.1) is 34.2 Å². The first-order valence-corrected chi connectivity index (χ1v) is 8.31. The van der Waals surface area contributed by atoms with E-state index in [2.05, 4.69) is 34.3 Å². The van der Waals surface area contributed by atoms with Crippen molar-refractivity contribution in [3.8, 4) is 0 Å². The highest BCUT2D eigenvalue weighted by atomic mass is 127. The highest BCUT2D eigenvalue weighted by Gasteiger charge is 2.20. The zero-order valence-electron chi connectivity index (χ0n) is 14.7. The predicted molar refractivity (Wildman–Crippen MR) is 105 cm³/mol. The smallest absolute Gasteiger partial charge is 0.219 e. The molecule has 1 amide bonds. The molecule has 8 nitrogen and oxygen atoms in total. The summed E-state index contributed by atoms with van der Waals surface area (Å²) in [5, 5.41) is 11.4. The van der Waals surface area contributed by atoms with Crippen LogP contribution < -0.4 is 5.32 Å². The summed E-state index contributed by atoms with van der Waals surface area (Å²) in [7, 11) is 0. The van der Waals surface area contributed by atoms with Crippen molar-refractivity contribution < 1.29 is 4.79 Å². The standard InChI is InChI=1S/C15H27N7O.HI/c1-4-14-19-18-12-22(14)7-6-17-15(16-5-2)21-10-8-20(9-11-21)13(3)23;/h12H,4-11H2,1-3H3,(H,16,17);1H. The van der Waals surface area contributed by atoms with Crippen molar-refractivity contribution >= 4 is 35.8 Å². The third-order valence-electron chi connectivity index (χ3n) is 3.97. The van der Waals surface area contributed by atoms with E-state index < -0.39 is 0 Å². The molecule has 0 bridgehead atoms. The van der Waals surface area contributed by atoms with Crippen molar-refractivity contribution in [2.75, 3.05) is 39.3 Å². The predicted octanol–water partition coefficient (Wildman–Crippen LogP) is 0.588. The first-order valence-electron chi connectivity index (χ1n) is 8.31. The lowest BCUT2D eigenvalue weighted by Gasteiger charge is -2.36. The number of aromatic nitrogens is 3. The summed E-state index contributed by atoms with van der Waals surface area (Å²) in [6.45, 7) is 11.2. The lowest BCUT2D eigenvalue weighted by molar-refractivity contribution is -0.130. The minimum Gasteiger partial charge on any atom is -0.357 e. The Morgan fingerprint density at radius 2 is 1.92 bits per heavy atom. The lowest BCUT2D eigenvalue weighted by Crippen LogP contribution is -2.53. The van der Waals surface area contributed by atoms with Crippen LogP contribution in [0.2, 0.25) is 0 Å². The molecule has 0 aliphatic carbocycles. The number of guanidine groups is 1. The van der Waals surface area contributed by atoms with E-state index >= 15 is 0 Å². The number of hydrogen-bond acceptors (Lipinski definition) is 4. The molecule has 0 saturated carbocycles. The second kappa shape index (κ2) is 10.5. The van der Waals surface area contributed by atoms with Gasteiger partial charge < -0.3 is 19.7 Å². The number of carbonyl (C=O) groups is 1. The molecular weight excluding hydrogens is 421 g/mol. The van der Waals surface area contributed by atoms with Gasteiger partial charge in [-0.2, -0.15) is 0 Å². The topological polar surface area (TPSA) is 78.7 Å². The zero-order valence-corrected chi connectivity index (χ0v) is 17.1. The molecule has 1 N–H and O–H groups in total. The average Bonchev–Trinajstić information content (AvgIpc) is 3.01. The molecule has 0 radical (unpaired) electrons. The molecule has 24 heavy (non-hydrogen) atoms. The Morgan fingerprint density at radius 3 is 2.50 bits per heavy atom. The monoisotopic (exact) mass is 449 g/mol. The number of rotatable bonds is 5. The van der Waals surface area contributed by atoms with Crippen LogP contribution in [0, 0.1) is 0 Å². The van der Waals surface area contributed by atoms with Gasteiger partial charge in [0.05, 0.1) is 6.54 Å². The van der Waals surface area contributed by atoms with Crippen LogP contribution in [0.3, 0.4) is 0 Å². The summed E-state index contributed by atoms with van der Waals surface area (Å²) < 4.78 is 2.04. The molecule has 1 aromatic rings. The fraction of sp³-hybridized carbons (Fsp3) is 0.733. The maximum absolute atomic E-state index is 11.4. The third kappa shape index (κ3) is 5.60. The summed E-state index contributed by atoms with van der Waals surface area (Å²) in [4.78, 5) is 20.2. The van der Waals surface area contributed by atoms with E-state index in [0.717, 1.165) is 57.5 Å². The Balaban J connectivity index is 0.00000288. The largest absolute Gasteiger partial charge is 0.357 e. The fourth-order valence-corrected chi connectivity index (χ4v) is 2.66. The van der Waals surface area contributed by atoms with Gasteiger partial charge in [-0.05, 0) is 6.92 Å². The summed E-state index contributed by atoms with van der Waals surface area (Å²) in [5.41, 5.74) is 0. The molecule has 2 heterocycles. The van der Waals surface area contributed by atoms with Crippen molar-refractivity contribution in [3.63, 3.8) is 0 Å². The number of piperazine rings is 1. The molecule has 0 aromatic carbocycles. The summed E-state index contributed by atoms with van der Waals surface area (Å²) >= 11 is 0. The number of carbonyl (C=O) groups excluding carboxylic acids is 1.